The van der Waals surface area contributed by atoms with Crippen LogP contribution in [-0.2, 0) is 9.53 Å². The number of esters is 1. The van der Waals surface area contributed by atoms with Crippen molar-refractivity contribution in [1.82, 2.24) is 0 Å². The van der Waals surface area contributed by atoms with Gasteiger partial charge in [0.15, 0.2) is 0 Å². The van der Waals surface area contributed by atoms with Crippen LogP contribution in [0.3, 0.4) is 0 Å². The van der Waals surface area contributed by atoms with Gasteiger partial charge in [-0.05, 0) is 136 Å². The summed E-state index contributed by atoms with van der Waals surface area (Å²) in [7, 11) is 0. The summed E-state index contributed by atoms with van der Waals surface area (Å²) in [5.74, 6) is 5.27. The molecule has 2 heteroatoms. The Labute approximate surface area is 304 Å². The Morgan fingerprint density at radius 3 is 2.20 bits per heavy atom. The molecule has 0 amide bonds. The number of unbranched alkanes of at least 4 members (excludes halogenated alkanes) is 7. The fraction of sp³-hybridized carbons (Fsp3) is 0.809. The van der Waals surface area contributed by atoms with E-state index in [0.717, 1.165) is 80.5 Å². The summed E-state index contributed by atoms with van der Waals surface area (Å²) in [6.07, 6.45) is 44.6. The second-order valence-electron chi connectivity index (χ2n) is 18.0. The van der Waals surface area contributed by atoms with E-state index < -0.39 is 0 Å². The first-order valence-corrected chi connectivity index (χ1v) is 21.5. The minimum atomic E-state index is 0.0401. The highest BCUT2D eigenvalue weighted by molar-refractivity contribution is 5.69. The zero-order valence-corrected chi connectivity index (χ0v) is 33.2. The molecule has 0 spiro atoms. The van der Waals surface area contributed by atoms with Crippen molar-refractivity contribution in [3.8, 4) is 0 Å². The maximum Gasteiger partial charge on any atom is 0.306 e. The van der Waals surface area contributed by atoms with E-state index in [9.17, 15) is 4.79 Å². The van der Waals surface area contributed by atoms with Crippen molar-refractivity contribution in [2.24, 2.45) is 46.3 Å². The molecule has 49 heavy (non-hydrogen) atoms. The van der Waals surface area contributed by atoms with E-state index in [0.29, 0.717) is 17.3 Å². The van der Waals surface area contributed by atoms with Gasteiger partial charge >= 0.3 is 5.97 Å². The molecule has 0 saturated heterocycles. The summed E-state index contributed by atoms with van der Waals surface area (Å²) in [6.45, 7) is 14.9. The number of hydrogen-bond donors (Lipinski definition) is 0. The van der Waals surface area contributed by atoms with Gasteiger partial charge < -0.3 is 4.74 Å². The average molecular weight is 675 g/mol. The zero-order chi connectivity index (χ0) is 35.1. The summed E-state index contributed by atoms with van der Waals surface area (Å²) in [5, 5.41) is 0. The molecular weight excluding hydrogens is 597 g/mol. The Kier molecular flexibility index (Phi) is 16.8. The molecule has 4 aliphatic carbocycles. The first-order chi connectivity index (χ1) is 23.7. The molecule has 0 aromatic rings. The molecular formula is C47H78O2. The number of carbonyl (C=O) groups is 1. The highest BCUT2D eigenvalue weighted by Gasteiger charge is 2.59. The third-order valence-corrected chi connectivity index (χ3v) is 14.1. The molecule has 0 radical (unpaired) electrons. The Balaban J connectivity index is 1.11. The van der Waals surface area contributed by atoms with Crippen LogP contribution in [0.5, 0.6) is 0 Å². The van der Waals surface area contributed by atoms with Crippen LogP contribution >= 0.6 is 0 Å². The van der Waals surface area contributed by atoms with E-state index in [1.54, 1.807) is 5.57 Å². The first-order valence-electron chi connectivity index (χ1n) is 21.5. The first kappa shape index (κ1) is 40.2. The van der Waals surface area contributed by atoms with E-state index in [1.165, 1.54) is 96.3 Å². The molecule has 0 bridgehead atoms. The van der Waals surface area contributed by atoms with Crippen LogP contribution in [-0.4, -0.2) is 12.1 Å². The summed E-state index contributed by atoms with van der Waals surface area (Å²) < 4.78 is 6.12. The van der Waals surface area contributed by atoms with Gasteiger partial charge in [0.1, 0.15) is 6.10 Å². The van der Waals surface area contributed by atoms with E-state index in [2.05, 4.69) is 84.1 Å². The number of ether oxygens (including phenoxy) is 1. The van der Waals surface area contributed by atoms with E-state index in [-0.39, 0.29) is 12.1 Å². The number of carbonyl (C=O) groups excluding carboxylic acids is 1. The molecule has 0 N–H and O–H groups in total. The molecule has 3 saturated carbocycles. The standard InChI is InChI=1S/C47H78O2/c1-7-8-9-10-11-12-13-14-15-16-17-18-19-20-21-22-23-27-45(48)49-40-32-34-46(5)39(36-40)28-29-41-43-31-30-42(38(4)26-24-25-37(2)3)47(43,6)35-33-44(41)46/h11-12,14-15,17-18,28,37-38,40-44H,7-10,13,16,19-27,29-36H2,1-6H3/b12-11-,15-14-,18-17-/t38-,40+,41?,42?,43?,44?,46+,47-/m1/s1. The number of hydrogen-bond acceptors (Lipinski definition) is 2. The molecule has 4 rings (SSSR count). The fourth-order valence-corrected chi connectivity index (χ4v) is 11.2. The molecule has 0 aromatic carbocycles. The number of fused-ring (bicyclic) bond motifs is 5. The molecule has 4 aliphatic rings. The van der Waals surface area contributed by atoms with Crippen LogP contribution in [0.25, 0.3) is 0 Å². The van der Waals surface area contributed by atoms with Gasteiger partial charge in [0, 0.05) is 12.8 Å². The van der Waals surface area contributed by atoms with Crippen molar-refractivity contribution in [2.45, 2.75) is 195 Å². The van der Waals surface area contributed by atoms with E-state index in [4.69, 9.17) is 4.74 Å². The largest absolute Gasteiger partial charge is 0.462 e. The lowest BCUT2D eigenvalue weighted by atomic mass is 9.47. The topological polar surface area (TPSA) is 26.3 Å². The zero-order valence-electron chi connectivity index (χ0n) is 33.2. The van der Waals surface area contributed by atoms with Crippen molar-refractivity contribution >= 4 is 5.97 Å². The van der Waals surface area contributed by atoms with Crippen LogP contribution in [0.2, 0.25) is 0 Å². The Hall–Kier alpha value is -1.57. The highest BCUT2D eigenvalue weighted by Crippen LogP contribution is 2.67. The molecule has 2 nitrogen and oxygen atoms in total. The van der Waals surface area contributed by atoms with Crippen molar-refractivity contribution < 1.29 is 9.53 Å². The molecule has 8 atom stereocenters. The quantitative estimate of drug-likeness (QED) is 0.0688. The predicted octanol–water partition coefficient (Wildman–Crippen LogP) is 14.3. The Morgan fingerprint density at radius 1 is 0.796 bits per heavy atom. The second-order valence-corrected chi connectivity index (χ2v) is 18.0. The predicted molar refractivity (Wildman–Crippen MR) is 211 cm³/mol. The summed E-state index contributed by atoms with van der Waals surface area (Å²) in [4.78, 5) is 12.8. The minimum Gasteiger partial charge on any atom is -0.462 e. The molecule has 3 fully saturated rings. The lowest BCUT2D eigenvalue weighted by molar-refractivity contribution is -0.151. The number of rotatable bonds is 21. The molecule has 0 aliphatic heterocycles. The normalized spacial score (nSPS) is 32.1. The van der Waals surface area contributed by atoms with E-state index in [1.807, 2.05) is 0 Å². The van der Waals surface area contributed by atoms with Crippen molar-refractivity contribution in [2.75, 3.05) is 0 Å². The van der Waals surface area contributed by atoms with Crippen molar-refractivity contribution in [3.63, 3.8) is 0 Å². The summed E-state index contributed by atoms with van der Waals surface area (Å²) in [6, 6.07) is 0. The van der Waals surface area contributed by atoms with Crippen LogP contribution in [0, 0.1) is 46.3 Å². The smallest absolute Gasteiger partial charge is 0.306 e. The third kappa shape index (κ3) is 11.5. The SMILES string of the molecule is CCCCC/C=C\C/C=C\C/C=C\CCCCCCC(=O)O[C@H]1CC[C@@]2(C)C(=CCC3C4CCC([C@H](C)CCCC(C)C)[C@@]4(C)CCC32)C1. The Morgan fingerprint density at radius 2 is 1.49 bits per heavy atom. The van der Waals surface area contributed by atoms with E-state index >= 15 is 0 Å². The minimum absolute atomic E-state index is 0.0401. The maximum absolute atomic E-state index is 12.8. The fourth-order valence-electron chi connectivity index (χ4n) is 11.2. The highest BCUT2D eigenvalue weighted by atomic mass is 16.5. The van der Waals surface area contributed by atoms with Gasteiger partial charge in [0.25, 0.3) is 0 Å². The van der Waals surface area contributed by atoms with Crippen LogP contribution in [0.15, 0.2) is 48.1 Å². The van der Waals surface area contributed by atoms with Gasteiger partial charge in [-0.1, -0.05) is 135 Å². The monoisotopic (exact) mass is 675 g/mol. The third-order valence-electron chi connectivity index (χ3n) is 14.1. The maximum atomic E-state index is 12.8. The molecule has 278 valence electrons. The summed E-state index contributed by atoms with van der Waals surface area (Å²) >= 11 is 0. The van der Waals surface area contributed by atoms with Crippen LogP contribution in [0.1, 0.15) is 189 Å². The second kappa shape index (κ2) is 20.5. The van der Waals surface area contributed by atoms with Gasteiger partial charge in [-0.2, -0.15) is 0 Å². The van der Waals surface area contributed by atoms with Gasteiger partial charge in [-0.15, -0.1) is 0 Å². The van der Waals surface area contributed by atoms with Gasteiger partial charge in [0.05, 0.1) is 0 Å². The summed E-state index contributed by atoms with van der Waals surface area (Å²) in [5.41, 5.74) is 2.51. The number of allylic oxidation sites excluding steroid dienone is 7. The molecule has 4 unspecified atom stereocenters. The molecule has 0 heterocycles. The lowest BCUT2D eigenvalue weighted by Gasteiger charge is -2.58. The van der Waals surface area contributed by atoms with Gasteiger partial charge in [0.2, 0.25) is 0 Å². The van der Waals surface area contributed by atoms with Crippen LogP contribution in [0.4, 0.5) is 0 Å². The average Bonchev–Trinajstić information content (AvgIpc) is 3.43. The van der Waals surface area contributed by atoms with Gasteiger partial charge in [-0.25, -0.2) is 0 Å². The lowest BCUT2D eigenvalue weighted by Crippen LogP contribution is -2.51. The van der Waals surface area contributed by atoms with Crippen molar-refractivity contribution in [1.29, 1.82) is 0 Å². The van der Waals surface area contributed by atoms with Gasteiger partial charge in [-0.3, -0.25) is 4.79 Å². The van der Waals surface area contributed by atoms with Crippen molar-refractivity contribution in [3.05, 3.63) is 48.1 Å². The Bertz CT molecular complexity index is 1090. The van der Waals surface area contributed by atoms with Crippen LogP contribution < -0.4 is 0 Å². The molecule has 0 aromatic heterocycles.